The second kappa shape index (κ2) is 16.6. The van der Waals surface area contributed by atoms with Crippen LogP contribution in [-0.4, -0.2) is 55.0 Å². The van der Waals surface area contributed by atoms with Gasteiger partial charge in [-0.2, -0.15) is 0 Å². The van der Waals surface area contributed by atoms with Gasteiger partial charge in [0.15, 0.2) is 19.3 Å². The van der Waals surface area contributed by atoms with Gasteiger partial charge in [0, 0.05) is 47.1 Å². The van der Waals surface area contributed by atoms with Gasteiger partial charge in [-0.1, -0.05) is 69.1 Å². The van der Waals surface area contributed by atoms with Crippen molar-refractivity contribution in [1.82, 2.24) is 0 Å². The van der Waals surface area contributed by atoms with Crippen molar-refractivity contribution in [2.45, 2.75) is 71.6 Å². The Kier molecular flexibility index (Phi) is 14.0. The van der Waals surface area contributed by atoms with Crippen LogP contribution in [0.15, 0.2) is 42.0 Å². The fraction of sp³-hybridized carbons (Fsp3) is 0.500. The summed E-state index contributed by atoms with van der Waals surface area (Å²) in [4.78, 5) is 11.4. The highest BCUT2D eigenvalue weighted by Gasteiger charge is 2.17. The molecule has 0 aliphatic rings. The highest BCUT2D eigenvalue weighted by Crippen LogP contribution is 2.33. The SMILES string of the molecule is COc1cc(OCOCC[Si](C)(C)C)cc(C=Cc2ccc(OCOCC[Si](C)(C)C)c([N+](=O)[O-])c2)c1CC=C(C)C. The van der Waals surface area contributed by atoms with Gasteiger partial charge in [-0.25, -0.2) is 0 Å². The van der Waals surface area contributed by atoms with Crippen LogP contribution in [-0.2, 0) is 15.9 Å². The van der Waals surface area contributed by atoms with Gasteiger partial charge in [-0.3, -0.25) is 10.1 Å². The molecule has 0 N–H and O–H groups in total. The second-order valence-electron chi connectivity index (χ2n) is 13.0. The zero-order valence-corrected chi connectivity index (χ0v) is 28.9. The molecule has 0 amide bonds. The van der Waals surface area contributed by atoms with Gasteiger partial charge in [0.25, 0.3) is 0 Å². The smallest absolute Gasteiger partial charge is 0.311 e. The van der Waals surface area contributed by atoms with Gasteiger partial charge in [0.2, 0.25) is 0 Å². The fourth-order valence-electron chi connectivity index (χ4n) is 3.76. The quantitative estimate of drug-likeness (QED) is 0.0315. The average molecular weight is 616 g/mol. The van der Waals surface area contributed by atoms with Crippen LogP contribution < -0.4 is 14.2 Å². The minimum atomic E-state index is -1.22. The molecule has 0 saturated carbocycles. The summed E-state index contributed by atoms with van der Waals surface area (Å²) < 4.78 is 28.6. The molecule has 0 bridgehead atoms. The fourth-order valence-corrected chi connectivity index (χ4v) is 5.27. The Hall–Kier alpha value is -2.93. The maximum absolute atomic E-state index is 11.8. The molecule has 42 heavy (non-hydrogen) atoms. The van der Waals surface area contributed by atoms with Gasteiger partial charge in [0.1, 0.15) is 11.5 Å². The molecule has 0 fully saturated rings. The van der Waals surface area contributed by atoms with Crippen LogP contribution in [0, 0.1) is 10.1 Å². The van der Waals surface area contributed by atoms with Gasteiger partial charge in [-0.05, 0) is 55.6 Å². The van der Waals surface area contributed by atoms with Crippen LogP contribution in [0.1, 0.15) is 30.5 Å². The van der Waals surface area contributed by atoms with E-state index in [0.717, 1.165) is 23.2 Å². The molecule has 2 aromatic carbocycles. The third kappa shape index (κ3) is 13.4. The molecule has 232 valence electrons. The summed E-state index contributed by atoms with van der Waals surface area (Å²) in [6.45, 7) is 19.2. The number of methoxy groups -OCH3 is 1. The van der Waals surface area contributed by atoms with Crippen molar-refractivity contribution in [2.24, 2.45) is 0 Å². The molecule has 0 aliphatic heterocycles. The number of nitro groups is 1. The lowest BCUT2D eigenvalue weighted by Crippen LogP contribution is -2.22. The van der Waals surface area contributed by atoms with Gasteiger partial charge >= 0.3 is 5.69 Å². The van der Waals surface area contributed by atoms with Gasteiger partial charge in [-0.15, -0.1) is 0 Å². The molecule has 0 aromatic heterocycles. The van der Waals surface area contributed by atoms with Crippen molar-refractivity contribution < 1.29 is 28.6 Å². The van der Waals surface area contributed by atoms with E-state index in [0.29, 0.717) is 36.7 Å². The van der Waals surface area contributed by atoms with Crippen LogP contribution >= 0.6 is 0 Å². The number of nitrogens with zero attached hydrogens (tertiary/aromatic N) is 1. The van der Waals surface area contributed by atoms with Crippen molar-refractivity contribution in [2.75, 3.05) is 33.9 Å². The first-order chi connectivity index (χ1) is 19.7. The van der Waals surface area contributed by atoms with E-state index in [-0.39, 0.29) is 25.0 Å². The van der Waals surface area contributed by atoms with Gasteiger partial charge in [0.05, 0.1) is 12.0 Å². The van der Waals surface area contributed by atoms with Crippen molar-refractivity contribution in [3.63, 3.8) is 0 Å². The van der Waals surface area contributed by atoms with Crippen LogP contribution in [0.25, 0.3) is 12.2 Å². The molecule has 10 heteroatoms. The molecular weight excluding hydrogens is 567 g/mol. The van der Waals surface area contributed by atoms with E-state index in [1.165, 1.54) is 11.6 Å². The summed E-state index contributed by atoms with van der Waals surface area (Å²) in [5.41, 5.74) is 3.64. The first-order valence-corrected chi connectivity index (χ1v) is 21.8. The molecule has 8 nitrogen and oxygen atoms in total. The van der Waals surface area contributed by atoms with E-state index < -0.39 is 21.1 Å². The molecule has 0 spiro atoms. The zero-order valence-electron chi connectivity index (χ0n) is 26.9. The summed E-state index contributed by atoms with van der Waals surface area (Å²) in [6, 6.07) is 10.8. The largest absolute Gasteiger partial charge is 0.496 e. The number of nitro benzene ring substituents is 1. The average Bonchev–Trinajstić information content (AvgIpc) is 2.89. The van der Waals surface area contributed by atoms with Crippen molar-refractivity contribution in [3.05, 3.63) is 68.8 Å². The Morgan fingerprint density at radius 1 is 0.857 bits per heavy atom. The first-order valence-electron chi connectivity index (χ1n) is 14.4. The topological polar surface area (TPSA) is 89.3 Å². The van der Waals surface area contributed by atoms with Crippen LogP contribution in [0.2, 0.25) is 51.4 Å². The minimum Gasteiger partial charge on any atom is -0.496 e. The first kappa shape index (κ1) is 35.3. The Balaban J connectivity index is 2.26. The summed E-state index contributed by atoms with van der Waals surface area (Å²) in [6.07, 6.45) is 6.58. The van der Waals surface area contributed by atoms with Crippen molar-refractivity contribution >= 4 is 34.0 Å². The van der Waals surface area contributed by atoms with E-state index in [1.54, 1.807) is 19.2 Å². The molecule has 0 saturated heterocycles. The standard InChI is InChI=1S/C32H49NO7Si2/c1-25(2)10-14-29-27(21-28(22-32(29)36-3)39-23-37-16-18-41(4,5)6)13-11-26-12-15-31(30(20-26)33(34)35)40-24-38-17-19-42(7,8)9/h10-13,15,20-22H,14,16-19,23-24H2,1-9H3. The lowest BCUT2D eigenvalue weighted by Gasteiger charge is -2.17. The predicted molar refractivity (Wildman–Crippen MR) is 177 cm³/mol. The molecule has 2 aromatic rings. The Bertz CT molecular complexity index is 1230. The van der Waals surface area contributed by atoms with Crippen molar-refractivity contribution in [3.8, 4) is 17.2 Å². The number of rotatable bonds is 18. The third-order valence-electron chi connectivity index (χ3n) is 6.39. The Morgan fingerprint density at radius 3 is 2.02 bits per heavy atom. The Morgan fingerprint density at radius 2 is 1.48 bits per heavy atom. The highest BCUT2D eigenvalue weighted by atomic mass is 28.3. The predicted octanol–water partition coefficient (Wildman–Crippen LogP) is 8.66. The number of benzene rings is 2. The normalized spacial score (nSPS) is 11.9. The molecular formula is C32H49NO7Si2. The van der Waals surface area contributed by atoms with E-state index >= 15 is 0 Å². The van der Waals surface area contributed by atoms with E-state index in [4.69, 9.17) is 23.7 Å². The maximum atomic E-state index is 11.8. The molecule has 0 radical (unpaired) electrons. The molecule has 0 aliphatic carbocycles. The molecule has 2 rings (SSSR count). The second-order valence-corrected chi connectivity index (χ2v) is 24.2. The maximum Gasteiger partial charge on any atom is 0.311 e. The third-order valence-corrected chi connectivity index (χ3v) is 9.79. The van der Waals surface area contributed by atoms with Crippen LogP contribution in [0.5, 0.6) is 17.2 Å². The van der Waals surface area contributed by atoms with E-state index in [1.807, 2.05) is 24.3 Å². The van der Waals surface area contributed by atoms with E-state index in [9.17, 15) is 10.1 Å². The van der Waals surface area contributed by atoms with Crippen LogP contribution in [0.4, 0.5) is 5.69 Å². The lowest BCUT2D eigenvalue weighted by molar-refractivity contribution is -0.386. The summed E-state index contributed by atoms with van der Waals surface area (Å²) in [7, 11) is -0.764. The summed E-state index contributed by atoms with van der Waals surface area (Å²) >= 11 is 0. The number of hydrogen-bond acceptors (Lipinski definition) is 7. The number of hydrogen-bond donors (Lipinski definition) is 0. The zero-order chi connectivity index (χ0) is 31.3. The van der Waals surface area contributed by atoms with Crippen LogP contribution in [0.3, 0.4) is 0 Å². The molecule has 0 atom stereocenters. The lowest BCUT2D eigenvalue weighted by atomic mass is 10.00. The molecule has 0 unspecified atom stereocenters. The number of allylic oxidation sites excluding steroid dienone is 2. The number of ether oxygens (including phenoxy) is 5. The van der Waals surface area contributed by atoms with Crippen molar-refractivity contribution in [1.29, 1.82) is 0 Å². The monoisotopic (exact) mass is 615 g/mol. The Labute approximate surface area is 253 Å². The minimum absolute atomic E-state index is 0.0251. The molecule has 0 heterocycles. The van der Waals surface area contributed by atoms with Gasteiger partial charge < -0.3 is 23.7 Å². The summed E-state index contributed by atoms with van der Waals surface area (Å²) in [5.74, 6) is 1.51. The summed E-state index contributed by atoms with van der Waals surface area (Å²) in [5, 5.41) is 11.8. The van der Waals surface area contributed by atoms with E-state index in [2.05, 4.69) is 59.2 Å². The highest BCUT2D eigenvalue weighted by molar-refractivity contribution is 6.76.